The van der Waals surface area contributed by atoms with E-state index in [2.05, 4.69) is 0 Å². The lowest BCUT2D eigenvalue weighted by Crippen LogP contribution is -2.22. The van der Waals surface area contributed by atoms with Gasteiger partial charge in [0.25, 0.3) is 0 Å². The standard InChI is InChI=1S/C16H20O3/c1-10(2)18-14-13(16(4,5)19-15(14)17)12-8-6-11(3)7-9-12/h6-10H,1-5H3. The summed E-state index contributed by atoms with van der Waals surface area (Å²) in [6.45, 7) is 9.61. The molecule has 0 aliphatic carbocycles. The molecule has 0 atom stereocenters. The zero-order valence-corrected chi connectivity index (χ0v) is 12.1. The largest absolute Gasteiger partial charge is 0.484 e. The first kappa shape index (κ1) is 13.7. The Labute approximate surface area is 114 Å². The van der Waals surface area contributed by atoms with E-state index in [4.69, 9.17) is 9.47 Å². The molecule has 1 aliphatic rings. The van der Waals surface area contributed by atoms with Crippen LogP contribution in [0.4, 0.5) is 0 Å². The van der Waals surface area contributed by atoms with E-state index in [1.165, 1.54) is 5.56 Å². The molecule has 0 bridgehead atoms. The van der Waals surface area contributed by atoms with E-state index >= 15 is 0 Å². The topological polar surface area (TPSA) is 35.5 Å². The van der Waals surface area contributed by atoms with Gasteiger partial charge < -0.3 is 9.47 Å². The van der Waals surface area contributed by atoms with Gasteiger partial charge in [-0.15, -0.1) is 0 Å². The highest BCUT2D eigenvalue weighted by molar-refractivity contribution is 6.02. The fourth-order valence-electron chi connectivity index (χ4n) is 2.25. The fraction of sp³-hybridized carbons (Fsp3) is 0.438. The minimum Gasteiger partial charge on any atom is -0.484 e. The summed E-state index contributed by atoms with van der Waals surface area (Å²) in [5.41, 5.74) is 2.32. The van der Waals surface area contributed by atoms with E-state index in [9.17, 15) is 4.79 Å². The molecular weight excluding hydrogens is 240 g/mol. The minimum atomic E-state index is -0.656. The number of esters is 1. The first-order valence-electron chi connectivity index (χ1n) is 6.53. The Morgan fingerprint density at radius 3 is 2.26 bits per heavy atom. The molecule has 19 heavy (non-hydrogen) atoms. The van der Waals surface area contributed by atoms with Crippen LogP contribution in [0.5, 0.6) is 0 Å². The summed E-state index contributed by atoms with van der Waals surface area (Å²) in [7, 11) is 0. The number of hydrogen-bond acceptors (Lipinski definition) is 3. The zero-order chi connectivity index (χ0) is 14.2. The van der Waals surface area contributed by atoms with E-state index in [-0.39, 0.29) is 12.1 Å². The van der Waals surface area contributed by atoms with Gasteiger partial charge in [-0.3, -0.25) is 0 Å². The van der Waals surface area contributed by atoms with Gasteiger partial charge in [-0.1, -0.05) is 29.8 Å². The molecule has 1 heterocycles. The Morgan fingerprint density at radius 1 is 1.16 bits per heavy atom. The van der Waals surface area contributed by atoms with E-state index in [1.54, 1.807) is 0 Å². The lowest BCUT2D eigenvalue weighted by atomic mass is 9.91. The summed E-state index contributed by atoms with van der Waals surface area (Å²) in [6, 6.07) is 8.04. The Morgan fingerprint density at radius 2 is 1.74 bits per heavy atom. The molecule has 3 heteroatoms. The highest BCUT2D eigenvalue weighted by Gasteiger charge is 2.42. The van der Waals surface area contributed by atoms with Gasteiger partial charge in [0, 0.05) is 0 Å². The second kappa shape index (κ2) is 4.72. The first-order valence-corrected chi connectivity index (χ1v) is 6.53. The molecule has 3 nitrogen and oxygen atoms in total. The third-order valence-corrected chi connectivity index (χ3v) is 3.06. The van der Waals surface area contributed by atoms with Gasteiger partial charge in [-0.2, -0.15) is 0 Å². The van der Waals surface area contributed by atoms with Crippen molar-refractivity contribution in [2.24, 2.45) is 0 Å². The number of carbonyl (C=O) groups is 1. The van der Waals surface area contributed by atoms with Crippen LogP contribution in [0.1, 0.15) is 38.8 Å². The van der Waals surface area contributed by atoms with Gasteiger partial charge >= 0.3 is 5.97 Å². The van der Waals surface area contributed by atoms with Crippen LogP contribution < -0.4 is 0 Å². The second-order valence-corrected chi connectivity index (χ2v) is 5.64. The zero-order valence-electron chi connectivity index (χ0n) is 12.1. The Hall–Kier alpha value is -1.77. The van der Waals surface area contributed by atoms with Crippen molar-refractivity contribution in [3.63, 3.8) is 0 Å². The van der Waals surface area contributed by atoms with Crippen LogP contribution in [-0.4, -0.2) is 17.7 Å². The molecule has 0 saturated carbocycles. The maximum atomic E-state index is 12.0. The van der Waals surface area contributed by atoms with Crippen molar-refractivity contribution in [1.82, 2.24) is 0 Å². The molecule has 0 unspecified atom stereocenters. The smallest absolute Gasteiger partial charge is 0.374 e. The maximum absolute atomic E-state index is 12.0. The van der Waals surface area contributed by atoms with Crippen LogP contribution in [0.15, 0.2) is 30.0 Å². The molecule has 0 saturated heterocycles. The lowest BCUT2D eigenvalue weighted by molar-refractivity contribution is -0.147. The van der Waals surface area contributed by atoms with E-state index in [1.807, 2.05) is 58.9 Å². The summed E-state index contributed by atoms with van der Waals surface area (Å²) in [5, 5.41) is 0. The normalized spacial score (nSPS) is 17.9. The number of benzene rings is 1. The molecule has 0 radical (unpaired) electrons. The van der Waals surface area contributed by atoms with Gasteiger partial charge in [0.05, 0.1) is 11.7 Å². The summed E-state index contributed by atoms with van der Waals surface area (Å²) in [6.07, 6.45) is -0.0584. The Bertz CT molecular complexity index is 521. The van der Waals surface area contributed by atoms with Crippen LogP contribution in [0, 0.1) is 6.92 Å². The number of hydrogen-bond donors (Lipinski definition) is 0. The number of ether oxygens (including phenoxy) is 2. The third-order valence-electron chi connectivity index (χ3n) is 3.06. The molecule has 0 aromatic heterocycles. The third kappa shape index (κ3) is 2.65. The van der Waals surface area contributed by atoms with E-state index in [0.29, 0.717) is 5.76 Å². The van der Waals surface area contributed by atoms with Crippen molar-refractivity contribution >= 4 is 11.5 Å². The molecule has 1 aromatic carbocycles. The van der Waals surface area contributed by atoms with Gasteiger partial charge in [0.1, 0.15) is 5.60 Å². The van der Waals surface area contributed by atoms with E-state index in [0.717, 1.165) is 11.1 Å². The second-order valence-electron chi connectivity index (χ2n) is 5.64. The number of cyclic esters (lactones) is 1. The van der Waals surface area contributed by atoms with Crippen LogP contribution in [0.2, 0.25) is 0 Å². The Kier molecular flexibility index (Phi) is 3.40. The van der Waals surface area contributed by atoms with Gasteiger partial charge in [-0.25, -0.2) is 4.79 Å². The highest BCUT2D eigenvalue weighted by Crippen LogP contribution is 2.40. The summed E-state index contributed by atoms with van der Waals surface area (Å²) in [5.74, 6) is -0.0434. The fourth-order valence-corrected chi connectivity index (χ4v) is 2.25. The Balaban J connectivity index is 2.54. The SMILES string of the molecule is Cc1ccc(C2=C(OC(C)C)C(=O)OC2(C)C)cc1. The number of aryl methyl sites for hydroxylation is 1. The van der Waals surface area contributed by atoms with E-state index < -0.39 is 5.60 Å². The summed E-state index contributed by atoms with van der Waals surface area (Å²) in [4.78, 5) is 12.0. The minimum absolute atomic E-state index is 0.0584. The molecule has 1 aromatic rings. The van der Waals surface area contributed by atoms with Crippen molar-refractivity contribution < 1.29 is 14.3 Å². The monoisotopic (exact) mass is 260 g/mol. The van der Waals surface area contributed by atoms with Crippen molar-refractivity contribution in [2.45, 2.75) is 46.3 Å². The van der Waals surface area contributed by atoms with Crippen molar-refractivity contribution in [3.05, 3.63) is 41.2 Å². The molecule has 0 N–H and O–H groups in total. The van der Waals surface area contributed by atoms with Gasteiger partial charge in [0.15, 0.2) is 0 Å². The molecular formula is C16H20O3. The molecule has 0 amide bonds. The molecule has 0 spiro atoms. The average molecular weight is 260 g/mol. The predicted octanol–water partition coefficient (Wildman–Crippen LogP) is 3.47. The summed E-state index contributed by atoms with van der Waals surface area (Å²) < 4.78 is 11.1. The highest BCUT2D eigenvalue weighted by atomic mass is 16.6. The first-order chi connectivity index (χ1) is 8.81. The average Bonchev–Trinajstić information content (AvgIpc) is 2.50. The number of carbonyl (C=O) groups excluding carboxylic acids is 1. The van der Waals surface area contributed by atoms with Crippen molar-refractivity contribution in [2.75, 3.05) is 0 Å². The van der Waals surface area contributed by atoms with Crippen molar-refractivity contribution in [3.8, 4) is 0 Å². The van der Waals surface area contributed by atoms with Crippen LogP contribution in [0.3, 0.4) is 0 Å². The van der Waals surface area contributed by atoms with Crippen LogP contribution >= 0.6 is 0 Å². The van der Waals surface area contributed by atoms with Crippen molar-refractivity contribution in [1.29, 1.82) is 0 Å². The lowest BCUT2D eigenvalue weighted by Gasteiger charge is -2.21. The van der Waals surface area contributed by atoms with Gasteiger partial charge in [-0.05, 0) is 40.2 Å². The molecule has 102 valence electrons. The van der Waals surface area contributed by atoms with Crippen LogP contribution in [-0.2, 0) is 14.3 Å². The number of rotatable bonds is 3. The molecule has 2 rings (SSSR count). The molecule has 1 aliphatic heterocycles. The quantitative estimate of drug-likeness (QED) is 0.781. The predicted molar refractivity (Wildman–Crippen MR) is 74.5 cm³/mol. The maximum Gasteiger partial charge on any atom is 0.374 e. The molecule has 0 fully saturated rings. The van der Waals surface area contributed by atoms with Crippen LogP contribution in [0.25, 0.3) is 5.57 Å². The van der Waals surface area contributed by atoms with Gasteiger partial charge in [0.2, 0.25) is 5.76 Å². The summed E-state index contributed by atoms with van der Waals surface area (Å²) >= 11 is 0.